The minimum Gasteiger partial charge on any atom is -0.371 e. The Morgan fingerprint density at radius 1 is 0.964 bits per heavy atom. The Bertz CT molecular complexity index is 816. The van der Waals surface area contributed by atoms with E-state index >= 15 is 0 Å². The van der Waals surface area contributed by atoms with E-state index < -0.39 is 13.7 Å². The van der Waals surface area contributed by atoms with E-state index in [1.54, 1.807) is 0 Å². The van der Waals surface area contributed by atoms with Gasteiger partial charge in [-0.2, -0.15) is 0 Å². The number of hydrogen-bond acceptors (Lipinski definition) is 2. The predicted octanol–water partition coefficient (Wildman–Crippen LogP) is 4.58. The average molecular weight is 393 g/mol. The van der Waals surface area contributed by atoms with Crippen LogP contribution in [-0.2, 0) is 9.53 Å². The van der Waals surface area contributed by atoms with E-state index in [1.807, 2.05) is 0 Å². The van der Waals surface area contributed by atoms with E-state index in [9.17, 15) is 4.79 Å². The van der Waals surface area contributed by atoms with Crippen molar-refractivity contribution in [2.75, 3.05) is 0 Å². The van der Waals surface area contributed by atoms with Gasteiger partial charge in [0.05, 0.1) is 11.7 Å². The summed E-state index contributed by atoms with van der Waals surface area (Å²) in [6.45, 7) is 11.5. The second kappa shape index (κ2) is 6.67. The molecule has 0 saturated carbocycles. The molecule has 4 atom stereocenters. The van der Waals surface area contributed by atoms with Gasteiger partial charge in [-0.05, 0) is 23.9 Å². The minimum absolute atomic E-state index is 0.0575. The maximum Gasteiger partial charge on any atom is 0.141 e. The fourth-order valence-electron chi connectivity index (χ4n) is 6.20. The first-order valence-corrected chi connectivity index (χ1v) is 12.6. The molecule has 2 nitrogen and oxygen atoms in total. The Kier molecular flexibility index (Phi) is 4.67. The molecule has 0 spiro atoms. The number of fused-ring (bicyclic) bond motifs is 2. The molecule has 2 heterocycles. The summed E-state index contributed by atoms with van der Waals surface area (Å²) in [7, 11) is -2.32. The molecule has 2 bridgehead atoms. The molecular formula is C25H32O2Si. The molecular weight excluding hydrogens is 360 g/mol. The van der Waals surface area contributed by atoms with E-state index in [0.29, 0.717) is 17.7 Å². The van der Waals surface area contributed by atoms with Crippen molar-refractivity contribution in [1.29, 1.82) is 0 Å². The number of hydrogen-bond donors (Lipinski definition) is 0. The van der Waals surface area contributed by atoms with Crippen LogP contribution in [0.15, 0.2) is 60.7 Å². The Hall–Kier alpha value is -1.71. The molecule has 4 rings (SSSR count). The molecule has 3 heteroatoms. The summed E-state index contributed by atoms with van der Waals surface area (Å²) >= 11 is 0. The second-order valence-corrected chi connectivity index (χ2v) is 14.9. The van der Waals surface area contributed by atoms with E-state index in [4.69, 9.17) is 4.74 Å². The van der Waals surface area contributed by atoms with Crippen LogP contribution in [0, 0.1) is 5.92 Å². The number of ether oxygens (including phenoxy) is 1. The highest BCUT2D eigenvalue weighted by molar-refractivity contribution is 7.05. The van der Waals surface area contributed by atoms with Gasteiger partial charge in [0.1, 0.15) is 13.9 Å². The summed E-state index contributed by atoms with van der Waals surface area (Å²) in [6.07, 6.45) is 1.63. The van der Waals surface area contributed by atoms with Crippen molar-refractivity contribution in [2.24, 2.45) is 5.92 Å². The van der Waals surface area contributed by atoms with Gasteiger partial charge in [0.15, 0.2) is 0 Å². The normalized spacial score (nSPS) is 30.5. The molecule has 2 aromatic rings. The number of carbonyl (C=O) groups is 1. The lowest BCUT2D eigenvalue weighted by Crippen LogP contribution is -2.70. The smallest absolute Gasteiger partial charge is 0.141 e. The van der Waals surface area contributed by atoms with Crippen LogP contribution in [0.25, 0.3) is 0 Å². The van der Waals surface area contributed by atoms with Crippen LogP contribution >= 0.6 is 0 Å². The Morgan fingerprint density at radius 3 is 1.93 bits per heavy atom. The zero-order valence-corrected chi connectivity index (χ0v) is 18.7. The number of benzene rings is 2. The van der Waals surface area contributed by atoms with Gasteiger partial charge in [-0.1, -0.05) is 98.7 Å². The average Bonchev–Trinajstić information content (AvgIpc) is 2.95. The Labute approximate surface area is 170 Å². The molecule has 2 fully saturated rings. The minimum atomic E-state index is -2.32. The highest BCUT2D eigenvalue weighted by atomic mass is 28.3. The van der Waals surface area contributed by atoms with Gasteiger partial charge in [-0.15, -0.1) is 0 Å². The predicted molar refractivity (Wildman–Crippen MR) is 118 cm³/mol. The maximum atomic E-state index is 12.8. The third-order valence-electron chi connectivity index (χ3n) is 7.55. The summed E-state index contributed by atoms with van der Waals surface area (Å²) in [5.74, 6) is 0.317. The third-order valence-corrected chi connectivity index (χ3v) is 14.3. The van der Waals surface area contributed by atoms with E-state index in [2.05, 4.69) is 95.3 Å². The Morgan fingerprint density at radius 2 is 1.46 bits per heavy atom. The fraction of sp³-hybridized carbons (Fsp3) is 0.480. The van der Waals surface area contributed by atoms with Crippen molar-refractivity contribution < 1.29 is 9.53 Å². The summed E-state index contributed by atoms with van der Waals surface area (Å²) < 4.78 is 6.64. The van der Waals surface area contributed by atoms with Crippen LogP contribution in [0.1, 0.15) is 47.5 Å². The standard InChI is InChI=1S/C25H32O2Si/c1-18-22(26)16-19-17-23(25(18,5)27-19)28(24(2,3)4,20-12-8-6-9-13-20)21-14-10-7-11-15-21/h6-15,18-19,23H,16-17H2,1-5H3/t18-,19-,23-,25+/m0/s1. The van der Waals surface area contributed by atoms with E-state index in [-0.39, 0.29) is 17.1 Å². The van der Waals surface area contributed by atoms with E-state index in [0.717, 1.165) is 6.42 Å². The van der Waals surface area contributed by atoms with Crippen molar-refractivity contribution >= 4 is 24.2 Å². The summed E-state index contributed by atoms with van der Waals surface area (Å²) in [5.41, 5.74) is -0.0400. The molecule has 2 saturated heterocycles. The largest absolute Gasteiger partial charge is 0.371 e. The maximum absolute atomic E-state index is 12.8. The molecule has 0 N–H and O–H groups in total. The molecule has 2 aliphatic heterocycles. The Balaban J connectivity index is 2.03. The SMILES string of the molecule is C[C@H]1C(=O)C[C@H]2C[C@H]([Si](c3ccccc3)(c3ccccc3)C(C)(C)C)[C@]1(C)O2. The molecule has 0 aromatic heterocycles. The highest BCUT2D eigenvalue weighted by Crippen LogP contribution is 2.59. The molecule has 28 heavy (non-hydrogen) atoms. The van der Waals surface area contributed by atoms with Gasteiger partial charge < -0.3 is 4.74 Å². The monoisotopic (exact) mass is 392 g/mol. The first-order valence-electron chi connectivity index (χ1n) is 10.5. The van der Waals surface area contributed by atoms with Crippen LogP contribution in [0.4, 0.5) is 0 Å². The lowest BCUT2D eigenvalue weighted by atomic mass is 9.84. The summed E-state index contributed by atoms with van der Waals surface area (Å²) in [5, 5.41) is 2.99. The van der Waals surface area contributed by atoms with Gasteiger partial charge in [0, 0.05) is 12.3 Å². The zero-order chi connectivity index (χ0) is 20.2. The first-order chi connectivity index (χ1) is 13.2. The molecule has 0 aliphatic carbocycles. The van der Waals surface area contributed by atoms with Crippen molar-refractivity contribution in [2.45, 2.75) is 69.7 Å². The fourth-order valence-corrected chi connectivity index (χ4v) is 13.3. The lowest BCUT2D eigenvalue weighted by molar-refractivity contribution is -0.149. The van der Waals surface area contributed by atoms with Gasteiger partial charge in [-0.3, -0.25) is 4.79 Å². The van der Waals surface area contributed by atoms with E-state index in [1.165, 1.54) is 10.4 Å². The van der Waals surface area contributed by atoms with Gasteiger partial charge in [0.25, 0.3) is 0 Å². The number of Topliss-reactive ketones (excluding diaryl/α,β-unsaturated/α-hetero) is 1. The lowest BCUT2D eigenvalue weighted by Gasteiger charge is -2.53. The molecule has 148 valence electrons. The number of ketones is 1. The quantitative estimate of drug-likeness (QED) is 0.715. The molecule has 0 radical (unpaired) electrons. The summed E-state index contributed by atoms with van der Waals surface area (Å²) in [6, 6.07) is 22.2. The van der Waals surface area contributed by atoms with Crippen LogP contribution in [0.3, 0.4) is 0 Å². The van der Waals surface area contributed by atoms with Crippen LogP contribution in [0.5, 0.6) is 0 Å². The number of carbonyl (C=O) groups excluding carboxylic acids is 1. The highest BCUT2D eigenvalue weighted by Gasteiger charge is 2.66. The third kappa shape index (κ3) is 2.67. The topological polar surface area (TPSA) is 26.3 Å². The molecule has 2 aliphatic rings. The van der Waals surface area contributed by atoms with Crippen LogP contribution < -0.4 is 10.4 Å². The van der Waals surface area contributed by atoms with Crippen molar-refractivity contribution in [3.05, 3.63) is 60.7 Å². The molecule has 2 aromatic carbocycles. The van der Waals surface area contributed by atoms with Crippen molar-refractivity contribution in [3.63, 3.8) is 0 Å². The van der Waals surface area contributed by atoms with Gasteiger partial charge in [0.2, 0.25) is 0 Å². The number of rotatable bonds is 3. The van der Waals surface area contributed by atoms with Crippen molar-refractivity contribution in [3.8, 4) is 0 Å². The van der Waals surface area contributed by atoms with Crippen LogP contribution in [0.2, 0.25) is 10.6 Å². The zero-order valence-electron chi connectivity index (χ0n) is 17.7. The van der Waals surface area contributed by atoms with Gasteiger partial charge >= 0.3 is 0 Å². The van der Waals surface area contributed by atoms with Gasteiger partial charge in [-0.25, -0.2) is 0 Å². The molecule has 0 amide bonds. The summed E-state index contributed by atoms with van der Waals surface area (Å²) in [4.78, 5) is 12.8. The molecule has 0 unspecified atom stereocenters. The first kappa shape index (κ1) is 19.6. The van der Waals surface area contributed by atoms with Crippen LogP contribution in [-0.4, -0.2) is 25.6 Å². The van der Waals surface area contributed by atoms with Crippen molar-refractivity contribution in [1.82, 2.24) is 0 Å². The second-order valence-electron chi connectivity index (χ2n) is 9.89.